The molecule has 112 valence electrons. The lowest BCUT2D eigenvalue weighted by Gasteiger charge is -2.07. The number of methoxy groups -OCH3 is 1. The van der Waals surface area contributed by atoms with E-state index in [2.05, 4.69) is 9.84 Å². The van der Waals surface area contributed by atoms with E-state index in [4.69, 9.17) is 0 Å². The van der Waals surface area contributed by atoms with Gasteiger partial charge in [-0.15, -0.1) is 9.78 Å². The molecule has 1 atom stereocenters. The van der Waals surface area contributed by atoms with E-state index in [0.717, 1.165) is 4.68 Å². The topological polar surface area (TPSA) is 82.7 Å². The predicted molar refractivity (Wildman–Crippen MR) is 78.6 cm³/mol. The van der Waals surface area contributed by atoms with Crippen LogP contribution in [0.4, 0.5) is 0 Å². The highest BCUT2D eigenvalue weighted by atomic mass is 32.2. The third-order valence-electron chi connectivity index (χ3n) is 2.86. The molecule has 21 heavy (non-hydrogen) atoms. The molecule has 7 nitrogen and oxygen atoms in total. The summed E-state index contributed by atoms with van der Waals surface area (Å²) in [5, 5.41) is 3.97. The molecule has 0 fully saturated rings. The second kappa shape index (κ2) is 6.57. The van der Waals surface area contributed by atoms with Gasteiger partial charge in [-0.1, -0.05) is 13.0 Å². The molecule has 2 aromatic heterocycles. The van der Waals surface area contributed by atoms with E-state index in [-0.39, 0.29) is 17.6 Å². The van der Waals surface area contributed by atoms with Crippen molar-refractivity contribution in [2.75, 3.05) is 18.6 Å². The summed E-state index contributed by atoms with van der Waals surface area (Å²) in [4.78, 5) is 35.2. The Bertz CT molecular complexity index is 722. The summed E-state index contributed by atoms with van der Waals surface area (Å²) in [6.07, 6.45) is 1.56. The maximum Gasteiger partial charge on any atom is 0.357 e. The normalized spacial score (nSPS) is 12.3. The molecular formula is C13H15N3O4S. The summed E-state index contributed by atoms with van der Waals surface area (Å²) in [5.74, 6) is -0.512. The lowest BCUT2D eigenvalue weighted by atomic mass is 10.2. The van der Waals surface area contributed by atoms with Crippen LogP contribution in [0.15, 0.2) is 29.2 Å². The van der Waals surface area contributed by atoms with E-state index in [9.17, 15) is 14.4 Å². The number of carbonyl (C=O) groups excluding carboxylic acids is 2. The first kappa shape index (κ1) is 15.3. The minimum atomic E-state index is -0.489. The number of carbonyl (C=O) groups is 2. The Hall–Kier alpha value is -2.09. The molecule has 0 amide bonds. The van der Waals surface area contributed by atoms with Crippen molar-refractivity contribution in [3.63, 3.8) is 0 Å². The molecule has 0 radical (unpaired) electrons. The van der Waals surface area contributed by atoms with Crippen molar-refractivity contribution in [2.45, 2.75) is 6.92 Å². The average molecular weight is 309 g/mol. The van der Waals surface area contributed by atoms with Gasteiger partial charge in [0, 0.05) is 11.9 Å². The predicted octanol–water partition coefficient (Wildman–Crippen LogP) is 0.678. The van der Waals surface area contributed by atoms with Crippen LogP contribution in [0.1, 0.15) is 11.7 Å². The fourth-order valence-electron chi connectivity index (χ4n) is 1.74. The molecule has 2 rings (SSSR count). The van der Waals surface area contributed by atoms with Crippen LogP contribution >= 0.6 is 11.8 Å². The molecule has 0 aliphatic heterocycles. The quantitative estimate of drug-likeness (QED) is 0.755. The van der Waals surface area contributed by atoms with Crippen molar-refractivity contribution in [3.05, 3.63) is 34.9 Å². The molecule has 1 unspecified atom stereocenters. The van der Waals surface area contributed by atoms with Crippen LogP contribution in [0.2, 0.25) is 0 Å². The number of esters is 1. The van der Waals surface area contributed by atoms with Crippen LogP contribution in [0.3, 0.4) is 0 Å². The Kier molecular flexibility index (Phi) is 4.79. The molecule has 0 aromatic carbocycles. The SMILES string of the molecule is COC(=O)C(C)CSCC(=O)n1nc2ccccn2c1=O. The molecule has 0 aliphatic carbocycles. The van der Waals surface area contributed by atoms with Gasteiger partial charge in [0.25, 0.3) is 5.91 Å². The van der Waals surface area contributed by atoms with Gasteiger partial charge in [0.2, 0.25) is 0 Å². The number of nitrogens with zero attached hydrogens (tertiary/aromatic N) is 3. The largest absolute Gasteiger partial charge is 0.469 e. The van der Waals surface area contributed by atoms with E-state index in [1.165, 1.54) is 23.3 Å². The van der Waals surface area contributed by atoms with Crippen molar-refractivity contribution in [1.82, 2.24) is 14.2 Å². The van der Waals surface area contributed by atoms with E-state index < -0.39 is 11.6 Å². The molecule has 0 saturated carbocycles. The molecule has 2 aromatic rings. The van der Waals surface area contributed by atoms with Crippen molar-refractivity contribution >= 4 is 29.3 Å². The molecule has 0 spiro atoms. The van der Waals surface area contributed by atoms with Gasteiger partial charge in [0.15, 0.2) is 5.65 Å². The van der Waals surface area contributed by atoms with Crippen LogP contribution in [-0.4, -0.2) is 44.7 Å². The second-order valence-corrected chi connectivity index (χ2v) is 5.49. The standard InChI is InChI=1S/C13H15N3O4S/c1-9(12(18)20-2)7-21-8-11(17)16-13(19)15-6-4-3-5-10(15)14-16/h3-6,9H,7-8H2,1-2H3. The smallest absolute Gasteiger partial charge is 0.357 e. The van der Waals surface area contributed by atoms with Gasteiger partial charge in [-0.25, -0.2) is 9.20 Å². The lowest BCUT2D eigenvalue weighted by molar-refractivity contribution is -0.144. The van der Waals surface area contributed by atoms with Crippen LogP contribution in [0.5, 0.6) is 0 Å². The first-order valence-electron chi connectivity index (χ1n) is 6.29. The third kappa shape index (κ3) is 3.33. The Morgan fingerprint density at radius 3 is 2.86 bits per heavy atom. The Morgan fingerprint density at radius 2 is 2.19 bits per heavy atom. The summed E-state index contributed by atoms with van der Waals surface area (Å²) in [6, 6.07) is 5.08. The molecule has 2 heterocycles. The van der Waals surface area contributed by atoms with Crippen LogP contribution < -0.4 is 5.69 Å². The van der Waals surface area contributed by atoms with Gasteiger partial charge in [-0.2, -0.15) is 11.8 Å². The molecule has 0 saturated heterocycles. The minimum Gasteiger partial charge on any atom is -0.469 e. The van der Waals surface area contributed by atoms with Gasteiger partial charge in [-0.05, 0) is 12.1 Å². The first-order valence-corrected chi connectivity index (χ1v) is 7.45. The van der Waals surface area contributed by atoms with Crippen molar-refractivity contribution in [2.24, 2.45) is 5.92 Å². The van der Waals surface area contributed by atoms with Gasteiger partial charge < -0.3 is 4.74 Å². The first-order chi connectivity index (χ1) is 10.0. The number of pyridine rings is 1. The number of thioether (sulfide) groups is 1. The molecule has 0 aliphatic rings. The summed E-state index contributed by atoms with van der Waals surface area (Å²) in [5.41, 5.74) is -0.0685. The van der Waals surface area contributed by atoms with Crippen molar-refractivity contribution in [3.8, 4) is 0 Å². The maximum absolute atomic E-state index is 12.0. The molecule has 8 heteroatoms. The van der Waals surface area contributed by atoms with E-state index in [1.807, 2.05) is 0 Å². The maximum atomic E-state index is 12.0. The zero-order valence-corrected chi connectivity index (χ0v) is 12.5. The monoisotopic (exact) mass is 309 g/mol. The fourth-order valence-corrected chi connectivity index (χ4v) is 2.64. The lowest BCUT2D eigenvalue weighted by Crippen LogP contribution is -2.29. The van der Waals surface area contributed by atoms with Gasteiger partial charge in [0.1, 0.15) is 0 Å². The summed E-state index contributed by atoms with van der Waals surface area (Å²) < 4.78 is 6.76. The summed E-state index contributed by atoms with van der Waals surface area (Å²) in [7, 11) is 1.32. The highest BCUT2D eigenvalue weighted by Gasteiger charge is 2.16. The Labute approximate surface area is 124 Å². The fraction of sp³-hybridized carbons (Fsp3) is 0.385. The minimum absolute atomic E-state index is 0.0745. The number of hydrogen-bond donors (Lipinski definition) is 0. The highest BCUT2D eigenvalue weighted by molar-refractivity contribution is 7.99. The zero-order chi connectivity index (χ0) is 15.4. The van der Waals surface area contributed by atoms with Gasteiger partial charge in [-0.3, -0.25) is 9.59 Å². The zero-order valence-electron chi connectivity index (χ0n) is 11.7. The number of fused-ring (bicyclic) bond motifs is 1. The number of ether oxygens (including phenoxy) is 1. The summed E-state index contributed by atoms with van der Waals surface area (Å²) >= 11 is 1.27. The average Bonchev–Trinajstić information content (AvgIpc) is 2.84. The van der Waals surface area contributed by atoms with Gasteiger partial charge >= 0.3 is 11.7 Å². The van der Waals surface area contributed by atoms with E-state index in [0.29, 0.717) is 11.4 Å². The molecular weight excluding hydrogens is 294 g/mol. The summed E-state index contributed by atoms with van der Waals surface area (Å²) in [6.45, 7) is 1.72. The number of rotatable bonds is 5. The third-order valence-corrected chi connectivity index (χ3v) is 4.05. The Morgan fingerprint density at radius 1 is 1.43 bits per heavy atom. The Balaban J connectivity index is 2.01. The highest BCUT2D eigenvalue weighted by Crippen LogP contribution is 2.10. The van der Waals surface area contributed by atoms with Crippen LogP contribution in [0.25, 0.3) is 5.65 Å². The van der Waals surface area contributed by atoms with Crippen molar-refractivity contribution < 1.29 is 14.3 Å². The number of hydrogen-bond acceptors (Lipinski definition) is 6. The van der Waals surface area contributed by atoms with Gasteiger partial charge in [0.05, 0.1) is 18.8 Å². The van der Waals surface area contributed by atoms with Crippen molar-refractivity contribution in [1.29, 1.82) is 0 Å². The van der Waals surface area contributed by atoms with E-state index >= 15 is 0 Å². The second-order valence-electron chi connectivity index (χ2n) is 4.46. The molecule has 0 N–H and O–H groups in total. The van der Waals surface area contributed by atoms with Crippen LogP contribution in [0, 0.1) is 5.92 Å². The molecule has 0 bridgehead atoms. The van der Waals surface area contributed by atoms with E-state index in [1.54, 1.807) is 31.3 Å². The number of aromatic nitrogens is 3. The van der Waals surface area contributed by atoms with Crippen LogP contribution in [-0.2, 0) is 9.53 Å².